The Balaban J connectivity index is 1.94. The van der Waals surface area contributed by atoms with Gasteiger partial charge in [0.2, 0.25) is 0 Å². The molecule has 7 nitrogen and oxygen atoms in total. The number of rotatable bonds is 6. The topological polar surface area (TPSA) is 90.3 Å². The summed E-state index contributed by atoms with van der Waals surface area (Å²) in [7, 11) is -2.62. The molecule has 0 unspecified atom stereocenters. The van der Waals surface area contributed by atoms with Crippen molar-refractivity contribution in [1.82, 2.24) is 14.5 Å². The molecule has 0 saturated heterocycles. The molecule has 2 aromatic carbocycles. The Labute approximate surface area is 151 Å². The molecule has 0 atom stereocenters. The summed E-state index contributed by atoms with van der Waals surface area (Å²) in [5, 5.41) is 3.93. The molecular weight excluding hydrogens is 354 g/mol. The number of hydrogen-bond acceptors (Lipinski definition) is 5. The molecule has 0 aliphatic carbocycles. The minimum absolute atomic E-state index is 0.0253. The van der Waals surface area contributed by atoms with E-state index < -0.39 is 15.9 Å². The van der Waals surface area contributed by atoms with Gasteiger partial charge in [0.1, 0.15) is 12.4 Å². The van der Waals surface area contributed by atoms with Crippen LogP contribution in [-0.4, -0.2) is 31.2 Å². The molecule has 0 bridgehead atoms. The Kier molecular flexibility index (Phi) is 5.15. The minimum Gasteiger partial charge on any atom is -0.362 e. The maximum atomic E-state index is 12.8. The van der Waals surface area contributed by atoms with Crippen molar-refractivity contribution in [3.8, 4) is 11.1 Å². The van der Waals surface area contributed by atoms with Crippen LogP contribution in [0.5, 0.6) is 0 Å². The van der Waals surface area contributed by atoms with Gasteiger partial charge >= 0.3 is 0 Å². The normalized spacial score (nSPS) is 11.3. The van der Waals surface area contributed by atoms with Crippen molar-refractivity contribution in [1.29, 1.82) is 0 Å². The largest absolute Gasteiger partial charge is 0.362 e. The molecule has 26 heavy (non-hydrogen) atoms. The molecule has 8 heteroatoms. The second-order valence-electron chi connectivity index (χ2n) is 5.43. The Morgan fingerprint density at radius 2 is 1.77 bits per heavy atom. The van der Waals surface area contributed by atoms with Gasteiger partial charge in [-0.15, -0.1) is 0 Å². The molecule has 0 aliphatic heterocycles. The zero-order valence-electron chi connectivity index (χ0n) is 14.0. The van der Waals surface area contributed by atoms with E-state index in [0.29, 0.717) is 5.56 Å². The third-order valence-electron chi connectivity index (χ3n) is 3.69. The van der Waals surface area contributed by atoms with Crippen LogP contribution < -0.4 is 4.72 Å². The highest BCUT2D eigenvalue weighted by molar-refractivity contribution is 7.90. The van der Waals surface area contributed by atoms with E-state index in [1.54, 1.807) is 18.2 Å². The summed E-state index contributed by atoms with van der Waals surface area (Å²) in [6, 6.07) is 17.0. The molecule has 3 aromatic rings. The lowest BCUT2D eigenvalue weighted by Crippen LogP contribution is -2.32. The summed E-state index contributed by atoms with van der Waals surface area (Å²) in [4.78, 5) is 12.5. The lowest BCUT2D eigenvalue weighted by molar-refractivity contribution is 0.0919. The first-order valence-corrected chi connectivity index (χ1v) is 9.23. The number of nitrogens with one attached hydrogen (secondary N) is 1. The maximum absolute atomic E-state index is 12.8. The minimum atomic E-state index is -4.08. The Morgan fingerprint density at radius 3 is 2.50 bits per heavy atom. The number of amides is 1. The molecule has 1 heterocycles. The van der Waals surface area contributed by atoms with E-state index in [2.05, 4.69) is 9.82 Å². The summed E-state index contributed by atoms with van der Waals surface area (Å²) in [5.41, 5.74) is 1.34. The van der Waals surface area contributed by atoms with Crippen LogP contribution in [0.1, 0.15) is 10.5 Å². The van der Waals surface area contributed by atoms with Crippen molar-refractivity contribution in [2.24, 2.45) is 0 Å². The highest BCUT2D eigenvalue weighted by Gasteiger charge is 2.24. The quantitative estimate of drug-likeness (QED) is 0.718. The van der Waals surface area contributed by atoms with Gasteiger partial charge in [0, 0.05) is 18.9 Å². The number of carbonyl (C=O) groups is 1. The number of sulfonamides is 1. The second kappa shape index (κ2) is 7.51. The van der Waals surface area contributed by atoms with Crippen LogP contribution in [0.3, 0.4) is 0 Å². The molecule has 3 rings (SSSR count). The van der Waals surface area contributed by atoms with E-state index in [1.807, 2.05) is 30.3 Å². The number of nitrogens with zero attached hydrogens (tertiary/aromatic N) is 2. The predicted octanol–water partition coefficient (Wildman–Crippen LogP) is 2.27. The lowest BCUT2D eigenvalue weighted by Gasteiger charge is -2.12. The van der Waals surface area contributed by atoms with Gasteiger partial charge in [0.25, 0.3) is 15.9 Å². The monoisotopic (exact) mass is 371 g/mol. The van der Waals surface area contributed by atoms with Crippen molar-refractivity contribution >= 4 is 15.9 Å². The van der Waals surface area contributed by atoms with Crippen molar-refractivity contribution in [3.63, 3.8) is 0 Å². The van der Waals surface area contributed by atoms with Crippen LogP contribution in [0, 0.1) is 0 Å². The average Bonchev–Trinajstić information content (AvgIpc) is 3.11. The van der Waals surface area contributed by atoms with Crippen LogP contribution in [-0.2, 0) is 21.5 Å². The van der Waals surface area contributed by atoms with Crippen LogP contribution in [0.4, 0.5) is 0 Å². The molecule has 134 valence electrons. The van der Waals surface area contributed by atoms with E-state index in [0.717, 1.165) is 5.56 Å². The Hall–Kier alpha value is -2.97. The van der Waals surface area contributed by atoms with Crippen molar-refractivity contribution in [2.75, 3.05) is 7.11 Å². The third-order valence-corrected chi connectivity index (χ3v) is 5.08. The number of ether oxygens (including phenoxy) is 1. The van der Waals surface area contributed by atoms with Crippen molar-refractivity contribution < 1.29 is 17.9 Å². The van der Waals surface area contributed by atoms with E-state index in [1.165, 1.54) is 30.1 Å². The first kappa shape index (κ1) is 17.8. The van der Waals surface area contributed by atoms with Crippen molar-refractivity contribution in [2.45, 2.75) is 11.6 Å². The standard InChI is InChI=1S/C18H17N3O4S/c1-25-13-21-16(11-12-19-21)18(22)20-26(23,24)17-10-6-5-9-15(17)14-7-3-2-4-8-14/h2-12H,13H2,1H3,(H,20,22). The summed E-state index contributed by atoms with van der Waals surface area (Å²) < 4.78 is 33.9. The van der Waals surface area contributed by atoms with Gasteiger partial charge < -0.3 is 4.74 Å². The second-order valence-corrected chi connectivity index (χ2v) is 7.08. The van der Waals surface area contributed by atoms with E-state index in [4.69, 9.17) is 4.74 Å². The lowest BCUT2D eigenvalue weighted by atomic mass is 10.1. The SMILES string of the molecule is COCn1nccc1C(=O)NS(=O)(=O)c1ccccc1-c1ccccc1. The smallest absolute Gasteiger partial charge is 0.283 e. The van der Waals surface area contributed by atoms with Crippen LogP contribution >= 0.6 is 0 Å². The van der Waals surface area contributed by atoms with Crippen LogP contribution in [0.25, 0.3) is 11.1 Å². The van der Waals surface area contributed by atoms with Gasteiger partial charge in [-0.1, -0.05) is 48.5 Å². The summed E-state index contributed by atoms with van der Waals surface area (Å²) in [6.45, 7) is 0.0381. The fourth-order valence-electron chi connectivity index (χ4n) is 2.54. The number of benzene rings is 2. The molecule has 1 N–H and O–H groups in total. The molecule has 1 aromatic heterocycles. The van der Waals surface area contributed by atoms with Gasteiger partial charge in [-0.3, -0.25) is 4.79 Å². The van der Waals surface area contributed by atoms with E-state index in [-0.39, 0.29) is 17.3 Å². The summed E-state index contributed by atoms with van der Waals surface area (Å²) >= 11 is 0. The van der Waals surface area contributed by atoms with Crippen LogP contribution in [0.2, 0.25) is 0 Å². The molecule has 0 saturated carbocycles. The maximum Gasteiger partial charge on any atom is 0.283 e. The third kappa shape index (κ3) is 3.66. The number of aromatic nitrogens is 2. The number of carbonyl (C=O) groups excluding carboxylic acids is 1. The average molecular weight is 371 g/mol. The molecule has 0 radical (unpaired) electrons. The van der Waals surface area contributed by atoms with Gasteiger partial charge in [-0.2, -0.15) is 5.10 Å². The van der Waals surface area contributed by atoms with Crippen molar-refractivity contribution in [3.05, 3.63) is 72.6 Å². The molecule has 0 spiro atoms. The Morgan fingerprint density at radius 1 is 1.08 bits per heavy atom. The molecule has 0 aliphatic rings. The number of hydrogen-bond donors (Lipinski definition) is 1. The highest BCUT2D eigenvalue weighted by atomic mass is 32.2. The Bertz CT molecular complexity index is 1010. The van der Waals surface area contributed by atoms with E-state index in [9.17, 15) is 13.2 Å². The van der Waals surface area contributed by atoms with Gasteiger partial charge in [0.15, 0.2) is 0 Å². The zero-order valence-corrected chi connectivity index (χ0v) is 14.8. The first-order valence-electron chi connectivity index (χ1n) is 7.75. The zero-order chi connectivity index (χ0) is 18.6. The van der Waals surface area contributed by atoms with Gasteiger partial charge in [-0.05, 0) is 17.7 Å². The predicted molar refractivity (Wildman–Crippen MR) is 95.8 cm³/mol. The fraction of sp³-hybridized carbons (Fsp3) is 0.111. The van der Waals surface area contributed by atoms with E-state index >= 15 is 0 Å². The van der Waals surface area contributed by atoms with Crippen LogP contribution in [0.15, 0.2) is 71.8 Å². The van der Waals surface area contributed by atoms with Gasteiger partial charge in [0.05, 0.1) is 4.90 Å². The van der Waals surface area contributed by atoms with Gasteiger partial charge in [-0.25, -0.2) is 17.8 Å². The molecular formula is C18H17N3O4S. The molecule has 1 amide bonds. The first-order chi connectivity index (χ1) is 12.5. The summed E-state index contributed by atoms with van der Waals surface area (Å²) in [6.07, 6.45) is 1.40. The highest BCUT2D eigenvalue weighted by Crippen LogP contribution is 2.27. The fourth-order valence-corrected chi connectivity index (χ4v) is 3.73. The molecule has 0 fully saturated rings. The number of methoxy groups -OCH3 is 1. The summed E-state index contributed by atoms with van der Waals surface area (Å²) in [5.74, 6) is -0.776.